The molecule has 7 nitrogen and oxygen atoms in total. The van der Waals surface area contributed by atoms with E-state index in [9.17, 15) is 8.42 Å². The molecule has 2 heterocycles. The van der Waals surface area contributed by atoms with E-state index in [2.05, 4.69) is 9.88 Å². The van der Waals surface area contributed by atoms with Crippen LogP contribution < -0.4 is 4.72 Å². The van der Waals surface area contributed by atoms with Crippen LogP contribution in [-0.4, -0.2) is 23.1 Å². The lowest BCUT2D eigenvalue weighted by molar-refractivity contribution is 0.390. The highest BCUT2D eigenvalue weighted by molar-refractivity contribution is 7.89. The van der Waals surface area contributed by atoms with Gasteiger partial charge in [-0.15, -0.1) is 0 Å². The van der Waals surface area contributed by atoms with Crippen LogP contribution in [0.15, 0.2) is 64.0 Å². The summed E-state index contributed by atoms with van der Waals surface area (Å²) in [5.74, 6) is 0.851. The number of imidazole rings is 1. The molecule has 0 aliphatic carbocycles. The first-order valence-electron chi connectivity index (χ1n) is 8.80. The summed E-state index contributed by atoms with van der Waals surface area (Å²) in [6, 6.07) is 16.4. The quantitative estimate of drug-likeness (QED) is 0.559. The third-order valence-corrected chi connectivity index (χ3v) is 6.39. The molecule has 2 aromatic heterocycles. The third-order valence-electron chi connectivity index (χ3n) is 4.72. The highest BCUT2D eigenvalue weighted by Gasteiger charge is 2.30. The van der Waals surface area contributed by atoms with Crippen LogP contribution in [0.1, 0.15) is 28.9 Å². The molecule has 0 spiro atoms. The Kier molecular flexibility index (Phi) is 4.52. The number of nitrogens with zero attached hydrogens (tertiary/aromatic N) is 3. The Hall–Kier alpha value is -2.97. The Morgan fingerprint density at radius 1 is 1.04 bits per heavy atom. The molecule has 0 bridgehead atoms. The van der Waals surface area contributed by atoms with Gasteiger partial charge in [-0.2, -0.15) is 4.72 Å². The van der Waals surface area contributed by atoms with Crippen LogP contribution in [0.2, 0.25) is 0 Å². The van der Waals surface area contributed by atoms with Crippen LogP contribution in [0.4, 0.5) is 0 Å². The number of aromatic nitrogens is 3. The van der Waals surface area contributed by atoms with Gasteiger partial charge in [-0.3, -0.25) is 0 Å². The molecule has 0 saturated heterocycles. The summed E-state index contributed by atoms with van der Waals surface area (Å²) >= 11 is 0. The number of hydrogen-bond donors (Lipinski definition) is 1. The first-order valence-corrected chi connectivity index (χ1v) is 10.3. The molecule has 8 heteroatoms. The summed E-state index contributed by atoms with van der Waals surface area (Å²) in [7, 11) is -2.01. The zero-order valence-corrected chi connectivity index (χ0v) is 16.6. The van der Waals surface area contributed by atoms with Gasteiger partial charge in [0, 0.05) is 7.05 Å². The van der Waals surface area contributed by atoms with Gasteiger partial charge in [0.05, 0.1) is 11.0 Å². The van der Waals surface area contributed by atoms with Crippen LogP contribution in [0.5, 0.6) is 0 Å². The van der Waals surface area contributed by atoms with Crippen molar-refractivity contribution in [1.82, 2.24) is 19.4 Å². The van der Waals surface area contributed by atoms with E-state index >= 15 is 0 Å². The molecule has 0 aliphatic rings. The Bertz CT molecular complexity index is 1220. The van der Waals surface area contributed by atoms with Gasteiger partial charge in [0.1, 0.15) is 22.5 Å². The fourth-order valence-electron chi connectivity index (χ4n) is 3.41. The van der Waals surface area contributed by atoms with Crippen molar-refractivity contribution in [3.63, 3.8) is 0 Å². The summed E-state index contributed by atoms with van der Waals surface area (Å²) in [4.78, 5) is 4.76. The van der Waals surface area contributed by atoms with Gasteiger partial charge in [0.25, 0.3) is 0 Å². The maximum absolute atomic E-state index is 13.2. The van der Waals surface area contributed by atoms with Crippen molar-refractivity contribution in [1.29, 1.82) is 0 Å². The van der Waals surface area contributed by atoms with Crippen LogP contribution in [0.3, 0.4) is 0 Å². The van der Waals surface area contributed by atoms with Gasteiger partial charge in [0.2, 0.25) is 10.0 Å². The number of para-hydroxylation sites is 2. The number of nitrogens with one attached hydrogen (secondary N) is 1. The SMILES string of the molecule is Cc1noc(C)c1S(=O)(=O)N[C@@H](c1ccccc1)c1nc2ccccc2n1C. The van der Waals surface area contributed by atoms with E-state index in [1.165, 1.54) is 0 Å². The molecule has 0 aliphatic heterocycles. The average molecular weight is 396 g/mol. The van der Waals surface area contributed by atoms with E-state index in [-0.39, 0.29) is 10.7 Å². The number of sulfonamides is 1. The molecular weight excluding hydrogens is 376 g/mol. The Labute approximate surface area is 163 Å². The van der Waals surface area contributed by atoms with Gasteiger partial charge >= 0.3 is 0 Å². The van der Waals surface area contributed by atoms with Crippen LogP contribution in [-0.2, 0) is 17.1 Å². The van der Waals surface area contributed by atoms with E-state index in [1.807, 2.05) is 66.2 Å². The number of aryl methyl sites for hydroxylation is 3. The lowest BCUT2D eigenvalue weighted by Crippen LogP contribution is -2.31. The van der Waals surface area contributed by atoms with Gasteiger partial charge in [-0.1, -0.05) is 47.6 Å². The molecule has 4 rings (SSSR count). The molecule has 0 fully saturated rings. The molecule has 1 N–H and O–H groups in total. The van der Waals surface area contributed by atoms with E-state index in [0.717, 1.165) is 16.6 Å². The second kappa shape index (κ2) is 6.88. The number of fused-ring (bicyclic) bond motifs is 1. The standard InChI is InChI=1S/C20H20N4O3S/c1-13-19(14(2)27-22-13)28(25,26)23-18(15-9-5-4-6-10-15)20-21-16-11-7-8-12-17(16)24(20)3/h4-12,18,23H,1-3H3/t18-/m0/s1. The highest BCUT2D eigenvalue weighted by Crippen LogP contribution is 2.28. The van der Waals surface area contributed by atoms with Crippen molar-refractivity contribution >= 4 is 21.1 Å². The average Bonchev–Trinajstić information content (AvgIpc) is 3.20. The smallest absolute Gasteiger partial charge is 0.246 e. The van der Waals surface area contributed by atoms with Gasteiger partial charge in [-0.25, -0.2) is 13.4 Å². The van der Waals surface area contributed by atoms with Crippen LogP contribution >= 0.6 is 0 Å². The van der Waals surface area contributed by atoms with Crippen LogP contribution in [0, 0.1) is 13.8 Å². The van der Waals surface area contributed by atoms with Crippen LogP contribution in [0.25, 0.3) is 11.0 Å². The van der Waals surface area contributed by atoms with Crippen molar-refractivity contribution in [2.75, 3.05) is 0 Å². The predicted molar refractivity (Wildman–Crippen MR) is 105 cm³/mol. The Balaban J connectivity index is 1.86. The molecule has 4 aromatic rings. The lowest BCUT2D eigenvalue weighted by Gasteiger charge is -2.19. The maximum Gasteiger partial charge on any atom is 0.246 e. The van der Waals surface area contributed by atoms with Gasteiger partial charge in [-0.05, 0) is 31.5 Å². The second-order valence-electron chi connectivity index (χ2n) is 6.64. The van der Waals surface area contributed by atoms with E-state index in [1.54, 1.807) is 13.8 Å². The zero-order valence-electron chi connectivity index (χ0n) is 15.7. The van der Waals surface area contributed by atoms with E-state index < -0.39 is 16.1 Å². The largest absolute Gasteiger partial charge is 0.360 e. The van der Waals surface area contributed by atoms with E-state index in [0.29, 0.717) is 11.5 Å². The summed E-state index contributed by atoms with van der Waals surface area (Å²) in [6.07, 6.45) is 0. The highest BCUT2D eigenvalue weighted by atomic mass is 32.2. The molecule has 1 atom stereocenters. The zero-order chi connectivity index (χ0) is 19.9. The normalized spacial score (nSPS) is 13.1. The van der Waals surface area contributed by atoms with Crippen molar-refractivity contribution in [2.24, 2.45) is 7.05 Å². The molecule has 0 radical (unpaired) electrons. The minimum Gasteiger partial charge on any atom is -0.360 e. The van der Waals surface area contributed by atoms with E-state index in [4.69, 9.17) is 9.51 Å². The van der Waals surface area contributed by atoms with Crippen molar-refractivity contribution in [3.05, 3.63) is 77.4 Å². The lowest BCUT2D eigenvalue weighted by atomic mass is 10.1. The molecule has 0 saturated carbocycles. The summed E-state index contributed by atoms with van der Waals surface area (Å²) < 4.78 is 36.1. The molecular formula is C20H20N4O3S. The maximum atomic E-state index is 13.2. The first-order chi connectivity index (χ1) is 13.4. The summed E-state index contributed by atoms with van der Waals surface area (Å²) in [5.41, 5.74) is 2.84. The fraction of sp³-hybridized carbons (Fsp3) is 0.200. The topological polar surface area (TPSA) is 90.0 Å². The molecule has 144 valence electrons. The van der Waals surface area contributed by atoms with Gasteiger partial charge in [0.15, 0.2) is 5.76 Å². The second-order valence-corrected chi connectivity index (χ2v) is 8.29. The van der Waals surface area contributed by atoms with Gasteiger partial charge < -0.3 is 9.09 Å². The number of benzene rings is 2. The molecule has 2 aromatic carbocycles. The van der Waals surface area contributed by atoms with Crippen molar-refractivity contribution in [3.8, 4) is 0 Å². The van der Waals surface area contributed by atoms with Crippen molar-refractivity contribution < 1.29 is 12.9 Å². The molecule has 0 amide bonds. The number of rotatable bonds is 5. The summed E-state index contributed by atoms with van der Waals surface area (Å²) in [5, 5.41) is 3.77. The minimum atomic E-state index is -3.89. The number of hydrogen-bond acceptors (Lipinski definition) is 5. The Morgan fingerprint density at radius 2 is 1.71 bits per heavy atom. The minimum absolute atomic E-state index is 0.0622. The van der Waals surface area contributed by atoms with Crippen molar-refractivity contribution in [2.45, 2.75) is 24.8 Å². The predicted octanol–water partition coefficient (Wildman–Crippen LogP) is 3.25. The molecule has 28 heavy (non-hydrogen) atoms. The first kappa shape index (κ1) is 18.4. The fourth-order valence-corrected chi connectivity index (χ4v) is 4.92. The Morgan fingerprint density at radius 3 is 2.36 bits per heavy atom. The third kappa shape index (κ3) is 3.10. The monoisotopic (exact) mass is 396 g/mol. The molecule has 0 unspecified atom stereocenters. The summed E-state index contributed by atoms with van der Waals surface area (Å²) in [6.45, 7) is 3.19.